The second kappa shape index (κ2) is 10.5. The van der Waals surface area contributed by atoms with Gasteiger partial charge in [0.15, 0.2) is 11.0 Å². The molecular weight excluding hydrogens is 517 g/mol. The van der Waals surface area contributed by atoms with Gasteiger partial charge in [-0.05, 0) is 54.4 Å². The number of rotatable bonds is 8. The number of nitrogen functional groups attached to an aromatic ring is 1. The average molecular weight is 539 g/mol. The molecule has 12 heteroatoms. The maximum atomic E-state index is 13.4. The van der Waals surface area contributed by atoms with E-state index in [4.69, 9.17) is 10.5 Å². The highest BCUT2D eigenvalue weighted by atomic mass is 32.2. The molecule has 3 heterocycles. The van der Waals surface area contributed by atoms with Gasteiger partial charge in [0.05, 0.1) is 23.8 Å². The van der Waals surface area contributed by atoms with Gasteiger partial charge in [0.25, 0.3) is 0 Å². The van der Waals surface area contributed by atoms with Gasteiger partial charge >= 0.3 is 5.76 Å². The number of aromatic nitrogens is 4. The van der Waals surface area contributed by atoms with Crippen LogP contribution in [0.2, 0.25) is 0 Å². The zero-order chi connectivity index (χ0) is 26.8. The number of nitrogens with two attached hydrogens (primary N) is 1. The van der Waals surface area contributed by atoms with E-state index in [2.05, 4.69) is 19.8 Å². The number of benzene rings is 2. The second-order valence-electron chi connectivity index (χ2n) is 8.27. The Kier molecular flexibility index (Phi) is 6.97. The highest BCUT2D eigenvalue weighted by Crippen LogP contribution is 2.37. The van der Waals surface area contributed by atoms with Crippen LogP contribution in [0, 0.1) is 5.82 Å². The van der Waals surface area contributed by atoms with E-state index in [0.29, 0.717) is 27.9 Å². The number of halogens is 3. The van der Waals surface area contributed by atoms with Crippen LogP contribution in [0.4, 0.5) is 24.7 Å². The van der Waals surface area contributed by atoms with Crippen molar-refractivity contribution >= 4 is 28.0 Å². The van der Waals surface area contributed by atoms with E-state index in [1.165, 1.54) is 18.2 Å². The lowest BCUT2D eigenvalue weighted by atomic mass is 10.1. The van der Waals surface area contributed by atoms with Gasteiger partial charge in [0, 0.05) is 23.5 Å². The first-order valence-corrected chi connectivity index (χ1v) is 12.6. The van der Waals surface area contributed by atoms with Crippen molar-refractivity contribution in [2.45, 2.75) is 18.8 Å². The van der Waals surface area contributed by atoms with E-state index < -0.39 is 28.7 Å². The second-order valence-corrected chi connectivity index (χ2v) is 9.42. The van der Waals surface area contributed by atoms with Crippen LogP contribution in [-0.4, -0.2) is 29.5 Å². The number of nitrogens with one attached hydrogen (secondary N) is 1. The monoisotopic (exact) mass is 538 g/mol. The summed E-state index contributed by atoms with van der Waals surface area (Å²) in [6.07, 6.45) is 5.96. The number of fused-ring (bicyclic) bond motifs is 1. The summed E-state index contributed by atoms with van der Waals surface area (Å²) in [5.41, 5.74) is 10.3. The third kappa shape index (κ3) is 5.02. The van der Waals surface area contributed by atoms with Gasteiger partial charge in [-0.25, -0.2) is 18.1 Å². The molecule has 0 aliphatic heterocycles. The summed E-state index contributed by atoms with van der Waals surface area (Å²) in [5, 5.41) is 4.51. The zero-order valence-corrected chi connectivity index (χ0v) is 20.7. The summed E-state index contributed by atoms with van der Waals surface area (Å²) in [7, 11) is -2.65. The van der Waals surface area contributed by atoms with Crippen molar-refractivity contribution in [1.29, 1.82) is 0 Å². The van der Waals surface area contributed by atoms with E-state index in [1.807, 2.05) is 12.1 Å². The Bertz CT molecular complexity index is 1610. The predicted octanol–water partition coefficient (Wildman–Crippen LogP) is 5.62. The lowest BCUT2D eigenvalue weighted by Gasteiger charge is -2.19. The Hall–Kier alpha value is -4.45. The number of pyridine rings is 1. The fourth-order valence-corrected chi connectivity index (χ4v) is 4.45. The Morgan fingerprint density at radius 2 is 1.76 bits per heavy atom. The van der Waals surface area contributed by atoms with Crippen LogP contribution in [0.1, 0.15) is 18.6 Å². The van der Waals surface area contributed by atoms with Crippen molar-refractivity contribution in [2.24, 2.45) is 0 Å². The molecule has 0 aliphatic rings. The number of nitrogens with zero attached hydrogens (tertiary/aromatic N) is 4. The molecule has 0 fully saturated rings. The zero-order valence-electron chi connectivity index (χ0n) is 19.9. The first-order chi connectivity index (χ1) is 18.3. The maximum absolute atomic E-state index is 13.4. The van der Waals surface area contributed by atoms with E-state index in [1.54, 1.807) is 60.5 Å². The number of hydrogen-bond acceptors (Lipinski definition) is 6. The largest absolute Gasteiger partial charge is 0.484 e. The number of ether oxygens (including phenoxy) is 1. The van der Waals surface area contributed by atoms with Crippen LogP contribution >= 0.6 is 0 Å². The summed E-state index contributed by atoms with van der Waals surface area (Å²) in [6.45, 7) is 1.73. The molecule has 2 aromatic carbocycles. The summed E-state index contributed by atoms with van der Waals surface area (Å²) >= 11 is 0. The molecule has 5 aromatic rings. The molecule has 0 amide bonds. The van der Waals surface area contributed by atoms with Gasteiger partial charge in [-0.1, -0.05) is 18.2 Å². The van der Waals surface area contributed by atoms with Crippen molar-refractivity contribution in [2.75, 3.05) is 10.5 Å². The van der Waals surface area contributed by atoms with Crippen molar-refractivity contribution in [3.05, 3.63) is 90.8 Å². The third-order valence-corrected chi connectivity index (χ3v) is 6.59. The minimum absolute atomic E-state index is 0.0985. The fourth-order valence-electron chi connectivity index (χ4n) is 3.97. The molecular formula is C26H21F3N6O2S. The van der Waals surface area contributed by atoms with Crippen LogP contribution in [0.15, 0.2) is 79.4 Å². The molecule has 38 heavy (non-hydrogen) atoms. The molecule has 0 radical (unpaired) electrons. The van der Waals surface area contributed by atoms with Crippen LogP contribution in [-0.2, 0) is 11.0 Å². The molecule has 194 valence electrons. The topological polar surface area (TPSA) is 107 Å². The smallest absolute Gasteiger partial charge is 0.330 e. The Morgan fingerprint density at radius 1 is 1.03 bits per heavy atom. The van der Waals surface area contributed by atoms with Gasteiger partial charge in [-0.3, -0.25) is 9.71 Å². The van der Waals surface area contributed by atoms with Crippen LogP contribution in [0.5, 0.6) is 5.75 Å². The molecule has 0 bridgehead atoms. The van der Waals surface area contributed by atoms with Crippen molar-refractivity contribution < 1.29 is 22.1 Å². The molecule has 0 saturated carbocycles. The molecule has 0 spiro atoms. The lowest BCUT2D eigenvalue weighted by molar-refractivity contribution is 0.228. The summed E-state index contributed by atoms with van der Waals surface area (Å²) in [6, 6.07) is 14.1. The van der Waals surface area contributed by atoms with E-state index >= 15 is 0 Å². The first-order valence-electron chi connectivity index (χ1n) is 11.4. The molecule has 2 unspecified atom stereocenters. The van der Waals surface area contributed by atoms with Gasteiger partial charge < -0.3 is 10.5 Å². The SMILES string of the molecule is CC(Oc1cc(-c2cnn3c(-c4ccncc4)cnc(N)c23)ccc1NS(=O)C(F)F)c1ccc(F)cc1. The predicted molar refractivity (Wildman–Crippen MR) is 139 cm³/mol. The Labute approximate surface area is 217 Å². The van der Waals surface area contributed by atoms with Crippen LogP contribution in [0.25, 0.3) is 27.9 Å². The lowest BCUT2D eigenvalue weighted by Crippen LogP contribution is -2.14. The third-order valence-electron chi connectivity index (χ3n) is 5.85. The number of hydrogen-bond donors (Lipinski definition) is 2. The Morgan fingerprint density at radius 3 is 2.47 bits per heavy atom. The average Bonchev–Trinajstić information content (AvgIpc) is 3.37. The highest BCUT2D eigenvalue weighted by molar-refractivity contribution is 7.86. The molecule has 3 N–H and O–H groups in total. The van der Waals surface area contributed by atoms with Gasteiger partial charge in [0.1, 0.15) is 29.0 Å². The van der Waals surface area contributed by atoms with E-state index in [-0.39, 0.29) is 17.3 Å². The number of alkyl halides is 2. The fraction of sp³-hybridized carbons (Fsp3) is 0.115. The quantitative estimate of drug-likeness (QED) is 0.266. The van der Waals surface area contributed by atoms with Crippen molar-refractivity contribution in [1.82, 2.24) is 19.6 Å². The van der Waals surface area contributed by atoms with Crippen molar-refractivity contribution in [3.63, 3.8) is 0 Å². The molecule has 2 atom stereocenters. The summed E-state index contributed by atoms with van der Waals surface area (Å²) < 4.78 is 61.4. The molecule has 0 aliphatic carbocycles. The summed E-state index contributed by atoms with van der Waals surface area (Å²) in [5.74, 6) is -3.11. The van der Waals surface area contributed by atoms with Crippen molar-refractivity contribution in [3.8, 4) is 28.1 Å². The standard InChI is InChI=1S/C26H21F3N6O2S/c1-15(16-2-5-19(27)6-3-16)37-23-12-18(4-7-21(23)34-38(36)26(28)29)20-13-33-35-22(14-32-25(30)24(20)35)17-8-10-31-11-9-17/h2-15,26,34H,1H3,(H2,30,32). The van der Waals surface area contributed by atoms with Crippen LogP contribution < -0.4 is 15.2 Å². The van der Waals surface area contributed by atoms with Gasteiger partial charge in [-0.15, -0.1) is 0 Å². The highest BCUT2D eigenvalue weighted by Gasteiger charge is 2.20. The molecule has 0 saturated heterocycles. The van der Waals surface area contributed by atoms with Crippen LogP contribution in [0.3, 0.4) is 0 Å². The minimum atomic E-state index is -3.10. The Balaban J connectivity index is 1.59. The van der Waals surface area contributed by atoms with Gasteiger partial charge in [-0.2, -0.15) is 13.9 Å². The normalized spacial score (nSPS) is 13.0. The van der Waals surface area contributed by atoms with Gasteiger partial charge in [0.2, 0.25) is 0 Å². The molecule has 3 aromatic heterocycles. The maximum Gasteiger partial charge on any atom is 0.330 e. The first kappa shape index (κ1) is 25.2. The van der Waals surface area contributed by atoms with E-state index in [9.17, 15) is 17.4 Å². The summed E-state index contributed by atoms with van der Waals surface area (Å²) in [4.78, 5) is 8.37. The number of anilines is 2. The molecule has 8 nitrogen and oxygen atoms in total. The molecule has 5 rings (SSSR count). The van der Waals surface area contributed by atoms with E-state index in [0.717, 1.165) is 5.56 Å². The minimum Gasteiger partial charge on any atom is -0.484 e.